The van der Waals surface area contributed by atoms with Crippen LogP contribution in [-0.4, -0.2) is 135 Å². The van der Waals surface area contributed by atoms with E-state index in [0.29, 0.717) is 91.1 Å². The molecule has 0 bridgehead atoms. The minimum Gasteiger partial charge on any atom is -0.455 e. The van der Waals surface area contributed by atoms with Crippen molar-refractivity contribution in [3.05, 3.63) is 194 Å². The number of aromatic amines is 1. The molecule has 0 unspecified atom stereocenters. The summed E-state index contributed by atoms with van der Waals surface area (Å²) in [5.41, 5.74) is 5.01. The predicted molar refractivity (Wildman–Crippen MR) is 378 cm³/mol. The van der Waals surface area contributed by atoms with Gasteiger partial charge in [0.25, 0.3) is 43.2 Å². The second kappa shape index (κ2) is 29.1. The average molecular weight is 1420 g/mol. The molecule has 100 heavy (non-hydrogen) atoms. The predicted octanol–water partition coefficient (Wildman–Crippen LogP) is 12.7. The van der Waals surface area contributed by atoms with Crippen molar-refractivity contribution in [2.24, 2.45) is 17.3 Å². The third-order valence-electron chi connectivity index (χ3n) is 18.8. The van der Waals surface area contributed by atoms with Gasteiger partial charge in [-0.05, 0) is 158 Å². The Morgan fingerprint density at radius 2 is 1.20 bits per heavy atom. The Labute approximate surface area is 581 Å². The number of carbonyl (C=O) groups is 2. The van der Waals surface area contributed by atoms with Crippen molar-refractivity contribution in [3.63, 3.8) is 0 Å². The Balaban J connectivity index is 0.777. The van der Waals surface area contributed by atoms with Crippen LogP contribution in [0.2, 0.25) is 5.02 Å². The highest BCUT2D eigenvalue weighted by Crippen LogP contribution is 2.44. The molecule has 0 saturated carbocycles. The molecule has 9 aromatic rings. The number of hydrogen-bond donors (Lipinski definition) is 5. The molecule has 3 fully saturated rings. The number of hydrogen-bond acceptors (Lipinski definition) is 20. The van der Waals surface area contributed by atoms with Crippen molar-refractivity contribution in [1.29, 1.82) is 0 Å². The van der Waals surface area contributed by atoms with Crippen LogP contribution in [0.5, 0.6) is 23.0 Å². The van der Waals surface area contributed by atoms with Gasteiger partial charge in [0.05, 0.1) is 48.8 Å². The lowest BCUT2D eigenvalue weighted by atomic mass is 9.72. The third-order valence-corrected chi connectivity index (χ3v) is 21.7. The molecule has 5 aromatic carbocycles. The molecule has 0 spiro atoms. The van der Waals surface area contributed by atoms with Gasteiger partial charge in [-0.1, -0.05) is 43.2 Å². The smallest absolute Gasteiger partial charge is 0.293 e. The summed E-state index contributed by atoms with van der Waals surface area (Å²) in [6.07, 6.45) is 12.3. The van der Waals surface area contributed by atoms with E-state index in [0.717, 1.165) is 76.7 Å². The first kappa shape index (κ1) is 68.5. The molecule has 5 N–H and O–H groups in total. The lowest BCUT2D eigenvalue weighted by molar-refractivity contribution is -0.384. The van der Waals surface area contributed by atoms with Gasteiger partial charge < -0.3 is 44.0 Å². The van der Waals surface area contributed by atoms with E-state index in [1.807, 2.05) is 12.1 Å². The molecule has 13 rings (SSSR count). The normalized spacial score (nSPS) is 16.5. The van der Waals surface area contributed by atoms with Crippen molar-refractivity contribution in [2.45, 2.75) is 68.6 Å². The zero-order valence-electron chi connectivity index (χ0n) is 54.8. The number of nitrogens with one attached hydrogen (secondary N) is 5. The van der Waals surface area contributed by atoms with Gasteiger partial charge in [-0.3, -0.25) is 34.7 Å². The molecule has 7 heterocycles. The van der Waals surface area contributed by atoms with E-state index < -0.39 is 62.9 Å². The van der Waals surface area contributed by atoms with Crippen molar-refractivity contribution in [1.82, 2.24) is 33.9 Å². The van der Waals surface area contributed by atoms with E-state index in [1.165, 1.54) is 71.6 Å². The van der Waals surface area contributed by atoms with Gasteiger partial charge in [-0.15, -0.1) is 0 Å². The maximum atomic E-state index is 14.5. The number of nitro groups is 2. The molecule has 4 aromatic heterocycles. The Hall–Kier alpha value is -9.97. The van der Waals surface area contributed by atoms with Gasteiger partial charge in [0.1, 0.15) is 45.7 Å². The first-order chi connectivity index (χ1) is 48.1. The number of sulfonamides is 2. The highest BCUT2D eigenvalue weighted by Gasteiger charge is 2.33. The second-order valence-electron chi connectivity index (χ2n) is 26.2. The van der Waals surface area contributed by atoms with E-state index in [4.69, 9.17) is 35.5 Å². The molecule has 4 aliphatic rings. The molecule has 0 radical (unpaired) electrons. The number of amides is 2. The van der Waals surface area contributed by atoms with Crippen molar-refractivity contribution in [3.8, 4) is 28.7 Å². The highest BCUT2D eigenvalue weighted by atomic mass is 35.5. The van der Waals surface area contributed by atoms with E-state index >= 15 is 0 Å². The van der Waals surface area contributed by atoms with E-state index in [9.17, 15) is 46.7 Å². The maximum absolute atomic E-state index is 14.5. The number of allylic oxidation sites excluding steroid dienone is 1. The highest BCUT2D eigenvalue weighted by molar-refractivity contribution is 7.90. The molecule has 1 aliphatic carbocycles. The van der Waals surface area contributed by atoms with Crippen LogP contribution in [0.4, 0.5) is 28.4 Å². The number of benzene rings is 5. The average Bonchev–Trinajstić information content (AvgIpc) is 1.49. The van der Waals surface area contributed by atoms with Crippen LogP contribution in [0.15, 0.2) is 161 Å². The van der Waals surface area contributed by atoms with Crippen LogP contribution in [0.1, 0.15) is 85.1 Å². The molecule has 26 nitrogen and oxygen atoms in total. The lowest BCUT2D eigenvalue weighted by Gasteiger charge is -2.39. The van der Waals surface area contributed by atoms with Gasteiger partial charge >= 0.3 is 0 Å². The summed E-state index contributed by atoms with van der Waals surface area (Å²) in [4.78, 5) is 67.9. The van der Waals surface area contributed by atoms with Crippen molar-refractivity contribution >= 4 is 99.5 Å². The number of carbonyl (C=O) groups excluding carboxylic acids is 2. The van der Waals surface area contributed by atoms with Gasteiger partial charge in [-0.2, -0.15) is 0 Å². The maximum Gasteiger partial charge on any atom is 0.293 e. The number of aromatic nitrogens is 4. The Kier molecular flexibility index (Phi) is 19.9. The molecule has 3 saturated heterocycles. The minimum absolute atomic E-state index is 0.0206. The molecular formula is C71H73ClN12O14S2. The number of anilines is 3. The summed E-state index contributed by atoms with van der Waals surface area (Å²) < 4.78 is 85.9. The Morgan fingerprint density at radius 3 is 1.77 bits per heavy atom. The number of ether oxygens (including phenoxy) is 4. The summed E-state index contributed by atoms with van der Waals surface area (Å²) in [7, 11) is -9.46. The van der Waals surface area contributed by atoms with Crippen LogP contribution >= 0.6 is 11.6 Å². The monoisotopic (exact) mass is 1420 g/mol. The first-order valence-corrected chi connectivity index (χ1v) is 36.3. The fourth-order valence-corrected chi connectivity index (χ4v) is 15.2. The second-order valence-corrected chi connectivity index (χ2v) is 30.0. The minimum atomic E-state index is -4.73. The fraction of sp³-hybridized carbons (Fsp3) is 0.324. The summed E-state index contributed by atoms with van der Waals surface area (Å²) in [6.45, 7) is 11.2. The number of rotatable bonds is 23. The molecular weight excluding hydrogens is 1340 g/mol. The van der Waals surface area contributed by atoms with E-state index in [1.54, 1.807) is 59.4 Å². The molecule has 29 heteroatoms. The topological polar surface area (TPSA) is 327 Å². The van der Waals surface area contributed by atoms with Crippen LogP contribution < -0.4 is 34.5 Å². The van der Waals surface area contributed by atoms with Gasteiger partial charge in [0, 0.05) is 130 Å². The van der Waals surface area contributed by atoms with Crippen molar-refractivity contribution < 1.29 is 55.2 Å². The molecule has 3 aliphatic heterocycles. The first-order valence-electron chi connectivity index (χ1n) is 32.9. The lowest BCUT2D eigenvalue weighted by Crippen LogP contribution is -2.47. The largest absolute Gasteiger partial charge is 0.455 e. The number of H-pyrrole nitrogens is 1. The Bertz CT molecular complexity index is 4890. The molecule has 0 atom stereocenters. The summed E-state index contributed by atoms with van der Waals surface area (Å²) >= 11 is 6.31. The van der Waals surface area contributed by atoms with Crippen molar-refractivity contribution in [2.75, 3.05) is 87.8 Å². The number of halogens is 1. The number of pyridine rings is 2. The van der Waals surface area contributed by atoms with E-state index in [2.05, 4.69) is 65.8 Å². The third kappa shape index (κ3) is 15.7. The van der Waals surface area contributed by atoms with Crippen LogP contribution in [0.25, 0.3) is 33.3 Å². The van der Waals surface area contributed by atoms with Crippen LogP contribution in [-0.2, 0) is 29.5 Å². The zero-order valence-corrected chi connectivity index (χ0v) is 57.2. The Morgan fingerprint density at radius 1 is 0.660 bits per heavy atom. The standard InChI is InChI=1S/C71H73ClN12O14S2/c1-71(2)22-15-50(60(39-71)47-3-5-51(72)6-4-47)44-80-25-27-81(28-26-80)52-7-11-58(69(85)78-99(91,92)56-9-13-61(63(37-56)83(87)88)74-40-45-18-29-95-30-19-45)65(35-52)98-55-34-49-17-24-82(68(49)77-43-55)53-8-12-59(66(36-53)97-54-33-48-16-23-73-67(48)76-42-54)70(86)79-100(93,94)57-10-14-62(64(38-57)84(89)90)75-41-46-20-31-96-32-21-46/h3-14,16-17,23-24,33-38,42-43,45-46,74-75H,15,18-22,25-32,39-41,44H2,1-2H3,(H,73,76)(H,78,85)(H,79,86). The number of piperazine rings is 1. The summed E-state index contributed by atoms with van der Waals surface area (Å²) in [5, 5.41) is 32.7. The van der Waals surface area contributed by atoms with Crippen LogP contribution in [0.3, 0.4) is 0 Å². The fourth-order valence-electron chi connectivity index (χ4n) is 13.1. The van der Waals surface area contributed by atoms with E-state index in [-0.39, 0.29) is 62.8 Å². The SMILES string of the molecule is CC1(C)CCC(CN2CCN(c3ccc(C(=O)NS(=O)(=O)c4ccc(NCC5CCOCC5)c([N+](=O)[O-])c4)c(Oc4cnc5c(ccn5-c5ccc(C(=O)NS(=O)(=O)c6ccc(NCC7CCOCC7)c([N+](=O)[O-])c6)c(Oc6cnc7[nH]ccc7c6)c5)c4)c3)CC2)=C(c2ccc(Cl)cc2)C1. The molecule has 2 amide bonds. The zero-order chi connectivity index (χ0) is 69.9. The number of nitrogens with zero attached hydrogens (tertiary/aromatic N) is 7. The summed E-state index contributed by atoms with van der Waals surface area (Å²) in [5.74, 6) is -1.54. The van der Waals surface area contributed by atoms with Crippen LogP contribution in [0, 0.1) is 37.5 Å². The number of fused-ring (bicyclic) bond motifs is 2. The number of nitro benzene ring substituents is 2. The van der Waals surface area contributed by atoms with Gasteiger partial charge in [-0.25, -0.2) is 36.2 Å². The summed E-state index contributed by atoms with van der Waals surface area (Å²) in [6, 6.07) is 31.0. The van der Waals surface area contributed by atoms with Gasteiger partial charge in [0.2, 0.25) is 0 Å². The molecule has 520 valence electrons. The quantitative estimate of drug-likeness (QED) is 0.0293. The van der Waals surface area contributed by atoms with Gasteiger partial charge in [0.15, 0.2) is 0 Å².